The van der Waals surface area contributed by atoms with Gasteiger partial charge in [0.05, 0.1) is 14.2 Å². The molecule has 0 aliphatic heterocycles. The van der Waals surface area contributed by atoms with E-state index in [1.165, 1.54) is 6.07 Å². The molecule has 0 saturated carbocycles. The predicted molar refractivity (Wildman–Crippen MR) is 58.2 cm³/mol. The van der Waals surface area contributed by atoms with E-state index in [1.807, 2.05) is 0 Å². The second-order valence-electron chi connectivity index (χ2n) is 3.15. The summed E-state index contributed by atoms with van der Waals surface area (Å²) in [5.74, 6) is -3.50. The van der Waals surface area contributed by atoms with Gasteiger partial charge in [0.1, 0.15) is 5.82 Å². The SMILES string of the molecule is COC(=O)C(C(=O)OC)c1ccc(F)cc1Cl. The highest BCUT2D eigenvalue weighted by Crippen LogP contribution is 2.27. The molecule has 1 rings (SSSR count). The highest BCUT2D eigenvalue weighted by Gasteiger charge is 2.32. The molecule has 0 aromatic heterocycles. The molecule has 17 heavy (non-hydrogen) atoms. The van der Waals surface area contributed by atoms with E-state index in [1.54, 1.807) is 0 Å². The van der Waals surface area contributed by atoms with Gasteiger partial charge in [-0.2, -0.15) is 0 Å². The number of carbonyl (C=O) groups is 2. The van der Waals surface area contributed by atoms with E-state index in [2.05, 4.69) is 9.47 Å². The van der Waals surface area contributed by atoms with Crippen LogP contribution < -0.4 is 0 Å². The van der Waals surface area contributed by atoms with Crippen molar-refractivity contribution in [3.8, 4) is 0 Å². The molecule has 0 spiro atoms. The van der Waals surface area contributed by atoms with Crippen LogP contribution in [-0.2, 0) is 19.1 Å². The van der Waals surface area contributed by atoms with Gasteiger partial charge in [-0.3, -0.25) is 9.59 Å². The monoisotopic (exact) mass is 260 g/mol. The van der Waals surface area contributed by atoms with Gasteiger partial charge in [0.2, 0.25) is 0 Å². The van der Waals surface area contributed by atoms with Gasteiger partial charge in [-0.1, -0.05) is 17.7 Å². The molecule has 4 nitrogen and oxygen atoms in total. The average Bonchev–Trinajstić information content (AvgIpc) is 2.31. The Morgan fingerprint density at radius 2 is 1.76 bits per heavy atom. The molecule has 0 bridgehead atoms. The summed E-state index contributed by atoms with van der Waals surface area (Å²) < 4.78 is 21.8. The van der Waals surface area contributed by atoms with Crippen molar-refractivity contribution in [1.29, 1.82) is 0 Å². The smallest absolute Gasteiger partial charge is 0.324 e. The predicted octanol–water partition coefficient (Wildman–Crippen LogP) is 1.91. The van der Waals surface area contributed by atoms with Crippen molar-refractivity contribution in [2.45, 2.75) is 5.92 Å². The van der Waals surface area contributed by atoms with Crippen LogP contribution in [0.3, 0.4) is 0 Å². The molecule has 0 radical (unpaired) electrons. The van der Waals surface area contributed by atoms with Gasteiger partial charge in [-0.15, -0.1) is 0 Å². The molecule has 0 atom stereocenters. The van der Waals surface area contributed by atoms with Crippen molar-refractivity contribution in [2.75, 3.05) is 14.2 Å². The Hall–Kier alpha value is -1.62. The summed E-state index contributed by atoms with van der Waals surface area (Å²) in [4.78, 5) is 22.9. The van der Waals surface area contributed by atoms with Gasteiger partial charge >= 0.3 is 11.9 Å². The van der Waals surface area contributed by atoms with Gasteiger partial charge in [0, 0.05) is 5.02 Å². The molecule has 0 aliphatic rings. The first-order chi connectivity index (χ1) is 8.01. The number of ether oxygens (including phenoxy) is 2. The maximum atomic E-state index is 12.9. The van der Waals surface area contributed by atoms with Crippen LogP contribution in [-0.4, -0.2) is 26.2 Å². The third-order valence-electron chi connectivity index (χ3n) is 2.15. The van der Waals surface area contributed by atoms with Crippen molar-refractivity contribution < 1.29 is 23.5 Å². The molecule has 0 N–H and O–H groups in total. The average molecular weight is 261 g/mol. The van der Waals surface area contributed by atoms with Crippen LogP contribution in [0.1, 0.15) is 11.5 Å². The Labute approximate surface area is 102 Å². The fraction of sp³-hybridized carbons (Fsp3) is 0.273. The highest BCUT2D eigenvalue weighted by molar-refractivity contribution is 6.32. The van der Waals surface area contributed by atoms with Crippen LogP contribution in [0, 0.1) is 5.82 Å². The summed E-state index contributed by atoms with van der Waals surface area (Å²) in [6, 6.07) is 3.35. The van der Waals surface area contributed by atoms with Crippen LogP contribution in [0.5, 0.6) is 0 Å². The minimum atomic E-state index is -1.31. The molecule has 0 saturated heterocycles. The van der Waals surface area contributed by atoms with Crippen molar-refractivity contribution in [3.63, 3.8) is 0 Å². The van der Waals surface area contributed by atoms with Crippen molar-refractivity contribution in [3.05, 3.63) is 34.6 Å². The van der Waals surface area contributed by atoms with E-state index in [0.29, 0.717) is 0 Å². The Bertz CT molecular complexity index is 431. The molecule has 0 aliphatic carbocycles. The number of methoxy groups -OCH3 is 2. The van der Waals surface area contributed by atoms with E-state index >= 15 is 0 Å². The number of hydrogen-bond donors (Lipinski definition) is 0. The number of carbonyl (C=O) groups excluding carboxylic acids is 2. The lowest BCUT2D eigenvalue weighted by molar-refractivity contribution is -0.154. The van der Waals surface area contributed by atoms with Crippen molar-refractivity contribution in [1.82, 2.24) is 0 Å². The molecule has 1 aromatic carbocycles. The molecule has 92 valence electrons. The molecular formula is C11H10ClFO4. The van der Waals surface area contributed by atoms with Crippen LogP contribution in [0.4, 0.5) is 4.39 Å². The summed E-state index contributed by atoms with van der Waals surface area (Å²) in [7, 11) is 2.27. The van der Waals surface area contributed by atoms with Crippen molar-refractivity contribution >= 4 is 23.5 Å². The lowest BCUT2D eigenvalue weighted by Gasteiger charge is -2.13. The van der Waals surface area contributed by atoms with E-state index in [4.69, 9.17) is 11.6 Å². The zero-order valence-electron chi connectivity index (χ0n) is 9.20. The quantitative estimate of drug-likeness (QED) is 0.615. The van der Waals surface area contributed by atoms with E-state index in [9.17, 15) is 14.0 Å². The molecule has 0 fully saturated rings. The number of hydrogen-bond acceptors (Lipinski definition) is 4. The normalized spacial score (nSPS) is 10.2. The third-order valence-corrected chi connectivity index (χ3v) is 2.47. The summed E-state index contributed by atoms with van der Waals surface area (Å²) in [5, 5.41) is -0.0363. The summed E-state index contributed by atoms with van der Waals surface area (Å²) in [6.45, 7) is 0. The maximum absolute atomic E-state index is 12.9. The lowest BCUT2D eigenvalue weighted by atomic mass is 9.99. The highest BCUT2D eigenvalue weighted by atomic mass is 35.5. The van der Waals surface area contributed by atoms with E-state index in [-0.39, 0.29) is 10.6 Å². The van der Waals surface area contributed by atoms with Gasteiger partial charge in [0.15, 0.2) is 5.92 Å². The number of halogens is 2. The largest absolute Gasteiger partial charge is 0.468 e. The Morgan fingerprint density at radius 1 is 1.24 bits per heavy atom. The molecule has 0 unspecified atom stereocenters. The zero-order valence-corrected chi connectivity index (χ0v) is 9.95. The standard InChI is InChI=1S/C11H10ClFO4/c1-16-10(14)9(11(15)17-2)7-4-3-6(13)5-8(7)12/h3-5,9H,1-2H3. The number of esters is 2. The van der Waals surface area contributed by atoms with Crippen molar-refractivity contribution in [2.24, 2.45) is 0 Å². The van der Waals surface area contributed by atoms with Gasteiger partial charge in [-0.25, -0.2) is 4.39 Å². The second-order valence-corrected chi connectivity index (χ2v) is 3.55. The molecule has 6 heteroatoms. The first-order valence-electron chi connectivity index (χ1n) is 4.62. The van der Waals surface area contributed by atoms with E-state index in [0.717, 1.165) is 26.4 Å². The summed E-state index contributed by atoms with van der Waals surface area (Å²) in [5.41, 5.74) is 0.145. The van der Waals surface area contributed by atoms with Crippen LogP contribution in [0.2, 0.25) is 5.02 Å². The van der Waals surface area contributed by atoms with Crippen LogP contribution in [0.15, 0.2) is 18.2 Å². The van der Waals surface area contributed by atoms with Crippen LogP contribution >= 0.6 is 11.6 Å². The minimum Gasteiger partial charge on any atom is -0.468 e. The first-order valence-corrected chi connectivity index (χ1v) is 4.99. The second kappa shape index (κ2) is 5.63. The summed E-state index contributed by atoms with van der Waals surface area (Å²) in [6.07, 6.45) is 0. The molecule has 0 heterocycles. The molecule has 1 aromatic rings. The fourth-order valence-electron chi connectivity index (χ4n) is 1.32. The van der Waals surface area contributed by atoms with Gasteiger partial charge in [-0.05, 0) is 17.7 Å². The topological polar surface area (TPSA) is 52.6 Å². The molecular weight excluding hydrogens is 251 g/mol. The van der Waals surface area contributed by atoms with Gasteiger partial charge < -0.3 is 9.47 Å². The number of rotatable bonds is 3. The Kier molecular flexibility index (Phi) is 4.45. The first kappa shape index (κ1) is 13.4. The minimum absolute atomic E-state index is 0.0363. The fourth-order valence-corrected chi connectivity index (χ4v) is 1.60. The maximum Gasteiger partial charge on any atom is 0.324 e. The zero-order chi connectivity index (χ0) is 13.0. The number of benzene rings is 1. The van der Waals surface area contributed by atoms with Crippen LogP contribution in [0.25, 0.3) is 0 Å². The third kappa shape index (κ3) is 2.94. The molecule has 0 amide bonds. The summed E-state index contributed by atoms with van der Waals surface area (Å²) >= 11 is 5.77. The van der Waals surface area contributed by atoms with E-state index < -0.39 is 23.7 Å². The van der Waals surface area contributed by atoms with Gasteiger partial charge in [0.25, 0.3) is 0 Å². The Balaban J connectivity index is 3.22. The Morgan fingerprint density at radius 3 is 2.18 bits per heavy atom. The lowest BCUT2D eigenvalue weighted by Crippen LogP contribution is -2.24.